The summed E-state index contributed by atoms with van der Waals surface area (Å²) in [6.07, 6.45) is 0. The van der Waals surface area contributed by atoms with Crippen LogP contribution in [0.2, 0.25) is 0 Å². The molecule has 0 aliphatic rings. The van der Waals surface area contributed by atoms with Crippen LogP contribution in [0.25, 0.3) is 0 Å². The molecule has 0 atom stereocenters. The summed E-state index contributed by atoms with van der Waals surface area (Å²) in [6, 6.07) is 8.24. The molecule has 0 unspecified atom stereocenters. The van der Waals surface area contributed by atoms with Gasteiger partial charge in [0.25, 0.3) is 0 Å². The number of nitrogens with zero attached hydrogens (tertiary/aromatic N) is 1. The zero-order chi connectivity index (χ0) is 10.6. The standard InChI is InChI=1S/C11H17N3/c1-8(2)13-11(12)14-10-6-4-5-9(3)7-10/h4-8H,1-3H3,(H3,12,13,14). The van der Waals surface area contributed by atoms with Gasteiger partial charge in [-0.05, 0) is 38.5 Å². The van der Waals surface area contributed by atoms with Gasteiger partial charge in [0, 0.05) is 11.7 Å². The summed E-state index contributed by atoms with van der Waals surface area (Å²) in [5, 5.41) is 3.04. The molecule has 14 heavy (non-hydrogen) atoms. The van der Waals surface area contributed by atoms with Crippen molar-refractivity contribution in [3.8, 4) is 0 Å². The molecular weight excluding hydrogens is 174 g/mol. The highest BCUT2D eigenvalue weighted by atomic mass is 15.1. The van der Waals surface area contributed by atoms with Crippen LogP contribution in [0.4, 0.5) is 5.69 Å². The van der Waals surface area contributed by atoms with E-state index < -0.39 is 0 Å². The summed E-state index contributed by atoms with van der Waals surface area (Å²) in [5.74, 6) is 0.464. The van der Waals surface area contributed by atoms with Crippen molar-refractivity contribution >= 4 is 11.6 Å². The lowest BCUT2D eigenvalue weighted by molar-refractivity contribution is 0.833. The smallest absolute Gasteiger partial charge is 0.193 e. The lowest BCUT2D eigenvalue weighted by Crippen LogP contribution is -2.23. The molecule has 0 fully saturated rings. The van der Waals surface area contributed by atoms with Crippen LogP contribution in [0.3, 0.4) is 0 Å². The number of rotatable bonds is 2. The van der Waals surface area contributed by atoms with Gasteiger partial charge in [0.05, 0.1) is 0 Å². The Morgan fingerprint density at radius 2 is 2.14 bits per heavy atom. The summed E-state index contributed by atoms with van der Waals surface area (Å²) in [6.45, 7) is 6.02. The number of benzene rings is 1. The molecule has 3 heteroatoms. The lowest BCUT2D eigenvalue weighted by atomic mass is 10.2. The van der Waals surface area contributed by atoms with E-state index in [1.54, 1.807) is 0 Å². The van der Waals surface area contributed by atoms with Crippen molar-refractivity contribution in [2.45, 2.75) is 26.8 Å². The van der Waals surface area contributed by atoms with Gasteiger partial charge in [0.15, 0.2) is 5.96 Å². The fourth-order valence-corrected chi connectivity index (χ4v) is 1.18. The van der Waals surface area contributed by atoms with Crippen LogP contribution < -0.4 is 11.1 Å². The minimum atomic E-state index is 0.215. The summed E-state index contributed by atoms with van der Waals surface area (Å²) >= 11 is 0. The minimum Gasteiger partial charge on any atom is -0.370 e. The molecule has 0 aliphatic heterocycles. The Balaban J connectivity index is 2.69. The summed E-state index contributed by atoms with van der Waals surface area (Å²) in [4.78, 5) is 4.19. The Morgan fingerprint density at radius 1 is 1.43 bits per heavy atom. The predicted molar refractivity (Wildman–Crippen MR) is 61.6 cm³/mol. The fourth-order valence-electron chi connectivity index (χ4n) is 1.18. The van der Waals surface area contributed by atoms with Crippen molar-refractivity contribution in [2.75, 3.05) is 5.32 Å². The maximum absolute atomic E-state index is 5.70. The first-order valence-electron chi connectivity index (χ1n) is 4.75. The third-order valence-electron chi connectivity index (χ3n) is 1.69. The van der Waals surface area contributed by atoms with E-state index in [0.717, 1.165) is 5.69 Å². The number of hydrogen-bond acceptors (Lipinski definition) is 1. The van der Waals surface area contributed by atoms with Crippen molar-refractivity contribution in [3.05, 3.63) is 29.8 Å². The number of guanidine groups is 1. The molecule has 0 aromatic heterocycles. The first-order chi connectivity index (χ1) is 6.58. The minimum absolute atomic E-state index is 0.215. The van der Waals surface area contributed by atoms with Crippen molar-refractivity contribution in [1.82, 2.24) is 0 Å². The molecule has 1 rings (SSSR count). The Hall–Kier alpha value is -1.51. The van der Waals surface area contributed by atoms with Gasteiger partial charge in [0.1, 0.15) is 0 Å². The summed E-state index contributed by atoms with van der Waals surface area (Å²) < 4.78 is 0. The highest BCUT2D eigenvalue weighted by Gasteiger charge is 1.95. The van der Waals surface area contributed by atoms with Gasteiger partial charge in [-0.3, -0.25) is 4.99 Å². The van der Waals surface area contributed by atoms with Crippen LogP contribution in [-0.2, 0) is 0 Å². The fraction of sp³-hybridized carbons (Fsp3) is 0.364. The van der Waals surface area contributed by atoms with Gasteiger partial charge in [0.2, 0.25) is 0 Å². The zero-order valence-electron chi connectivity index (χ0n) is 8.91. The number of hydrogen-bond donors (Lipinski definition) is 2. The molecule has 0 amide bonds. The monoisotopic (exact) mass is 191 g/mol. The van der Waals surface area contributed by atoms with Gasteiger partial charge in [-0.1, -0.05) is 12.1 Å². The molecule has 0 saturated carbocycles. The molecule has 0 heterocycles. The van der Waals surface area contributed by atoms with E-state index >= 15 is 0 Å². The van der Waals surface area contributed by atoms with Crippen molar-refractivity contribution in [1.29, 1.82) is 0 Å². The largest absolute Gasteiger partial charge is 0.370 e. The maximum Gasteiger partial charge on any atom is 0.193 e. The Morgan fingerprint density at radius 3 is 2.71 bits per heavy atom. The van der Waals surface area contributed by atoms with Crippen molar-refractivity contribution in [3.63, 3.8) is 0 Å². The molecule has 0 spiro atoms. The third-order valence-corrected chi connectivity index (χ3v) is 1.69. The van der Waals surface area contributed by atoms with Crippen LogP contribution in [-0.4, -0.2) is 12.0 Å². The van der Waals surface area contributed by atoms with Gasteiger partial charge < -0.3 is 11.1 Å². The Bertz CT molecular complexity index is 329. The normalized spacial score (nSPS) is 11.9. The number of aliphatic imine (C=N–C) groups is 1. The van der Waals surface area contributed by atoms with Gasteiger partial charge in [-0.2, -0.15) is 0 Å². The maximum atomic E-state index is 5.70. The summed E-state index contributed by atoms with van der Waals surface area (Å²) in [5.41, 5.74) is 7.88. The van der Waals surface area contributed by atoms with Crippen LogP contribution >= 0.6 is 0 Å². The van der Waals surface area contributed by atoms with Gasteiger partial charge >= 0.3 is 0 Å². The topological polar surface area (TPSA) is 50.4 Å². The molecule has 3 nitrogen and oxygen atoms in total. The molecule has 0 aliphatic carbocycles. The Kier molecular flexibility index (Phi) is 3.51. The van der Waals surface area contributed by atoms with Crippen LogP contribution in [0.5, 0.6) is 0 Å². The molecule has 1 aromatic carbocycles. The molecule has 0 radical (unpaired) electrons. The quantitative estimate of drug-likeness (QED) is 0.555. The Labute approximate surface area is 85.0 Å². The molecule has 3 N–H and O–H groups in total. The van der Waals surface area contributed by atoms with E-state index in [-0.39, 0.29) is 6.04 Å². The van der Waals surface area contributed by atoms with E-state index in [1.807, 2.05) is 45.0 Å². The molecular formula is C11H17N3. The van der Waals surface area contributed by atoms with Crippen LogP contribution in [0.15, 0.2) is 29.3 Å². The number of anilines is 1. The van der Waals surface area contributed by atoms with Crippen LogP contribution in [0, 0.1) is 6.92 Å². The SMILES string of the molecule is Cc1cccc(NC(N)=NC(C)C)c1. The number of aryl methyl sites for hydroxylation is 1. The summed E-state index contributed by atoms with van der Waals surface area (Å²) in [7, 11) is 0. The first kappa shape index (κ1) is 10.6. The highest BCUT2D eigenvalue weighted by molar-refractivity contribution is 5.92. The molecule has 1 aromatic rings. The van der Waals surface area contributed by atoms with E-state index in [2.05, 4.69) is 10.3 Å². The second kappa shape index (κ2) is 4.65. The highest BCUT2D eigenvalue weighted by Crippen LogP contribution is 2.08. The average Bonchev–Trinajstić information content (AvgIpc) is 2.01. The average molecular weight is 191 g/mol. The number of nitrogens with two attached hydrogens (primary N) is 1. The number of nitrogens with one attached hydrogen (secondary N) is 1. The van der Waals surface area contributed by atoms with Gasteiger partial charge in [-0.15, -0.1) is 0 Å². The first-order valence-corrected chi connectivity index (χ1v) is 4.75. The van der Waals surface area contributed by atoms with E-state index in [0.29, 0.717) is 5.96 Å². The zero-order valence-corrected chi connectivity index (χ0v) is 8.91. The lowest BCUT2D eigenvalue weighted by Gasteiger charge is -2.07. The molecule has 0 bridgehead atoms. The van der Waals surface area contributed by atoms with Crippen LogP contribution in [0.1, 0.15) is 19.4 Å². The van der Waals surface area contributed by atoms with Gasteiger partial charge in [-0.25, -0.2) is 0 Å². The third kappa shape index (κ3) is 3.47. The molecule has 76 valence electrons. The predicted octanol–water partition coefficient (Wildman–Crippen LogP) is 2.13. The van der Waals surface area contributed by atoms with Crippen molar-refractivity contribution < 1.29 is 0 Å². The second-order valence-corrected chi connectivity index (χ2v) is 3.60. The van der Waals surface area contributed by atoms with E-state index in [4.69, 9.17) is 5.73 Å². The van der Waals surface area contributed by atoms with E-state index in [1.165, 1.54) is 5.56 Å². The van der Waals surface area contributed by atoms with Crippen molar-refractivity contribution in [2.24, 2.45) is 10.7 Å². The van der Waals surface area contributed by atoms with E-state index in [9.17, 15) is 0 Å². The molecule has 0 saturated heterocycles. The second-order valence-electron chi connectivity index (χ2n) is 3.60.